The second kappa shape index (κ2) is 5.13. The van der Waals surface area contributed by atoms with E-state index in [-0.39, 0.29) is 11.3 Å². The summed E-state index contributed by atoms with van der Waals surface area (Å²) in [6, 6.07) is 1.75. The molecule has 17 heavy (non-hydrogen) atoms. The van der Waals surface area contributed by atoms with Crippen LogP contribution in [0.25, 0.3) is 0 Å². The summed E-state index contributed by atoms with van der Waals surface area (Å²) in [5.41, 5.74) is 0.695. The molecule has 1 N–H and O–H groups in total. The second-order valence-corrected chi connectivity index (χ2v) is 5.24. The SMILES string of the molecule is Cc1cc(C(=O)NCC2(CCl)CCCC2)co1. The molecule has 1 fully saturated rings. The Balaban J connectivity index is 1.91. The summed E-state index contributed by atoms with van der Waals surface area (Å²) in [6.07, 6.45) is 6.15. The van der Waals surface area contributed by atoms with Crippen LogP contribution in [0, 0.1) is 12.3 Å². The maximum Gasteiger partial charge on any atom is 0.254 e. The molecule has 1 saturated carbocycles. The van der Waals surface area contributed by atoms with Crippen molar-refractivity contribution in [2.75, 3.05) is 12.4 Å². The first-order valence-corrected chi connectivity index (χ1v) is 6.58. The Morgan fingerprint density at radius 3 is 2.76 bits per heavy atom. The monoisotopic (exact) mass is 255 g/mol. The molecule has 94 valence electrons. The van der Waals surface area contributed by atoms with Gasteiger partial charge in [0.15, 0.2) is 0 Å². The Morgan fingerprint density at radius 2 is 2.24 bits per heavy atom. The highest BCUT2D eigenvalue weighted by Gasteiger charge is 2.33. The highest BCUT2D eigenvalue weighted by Crippen LogP contribution is 2.38. The number of carbonyl (C=O) groups is 1. The van der Waals surface area contributed by atoms with Gasteiger partial charge in [0.2, 0.25) is 0 Å². The number of amides is 1. The topological polar surface area (TPSA) is 42.2 Å². The van der Waals surface area contributed by atoms with Gasteiger partial charge in [-0.3, -0.25) is 4.79 Å². The third-order valence-corrected chi connectivity index (χ3v) is 4.13. The molecule has 1 heterocycles. The average Bonchev–Trinajstić information content (AvgIpc) is 2.95. The van der Waals surface area contributed by atoms with Crippen LogP contribution in [-0.4, -0.2) is 18.3 Å². The first-order valence-electron chi connectivity index (χ1n) is 6.05. The molecule has 0 aliphatic heterocycles. The fraction of sp³-hybridized carbons (Fsp3) is 0.615. The van der Waals surface area contributed by atoms with Gasteiger partial charge in [-0.25, -0.2) is 0 Å². The minimum absolute atomic E-state index is 0.0711. The van der Waals surface area contributed by atoms with Crippen molar-refractivity contribution >= 4 is 17.5 Å². The van der Waals surface area contributed by atoms with E-state index < -0.39 is 0 Å². The van der Waals surface area contributed by atoms with E-state index in [0.29, 0.717) is 18.0 Å². The lowest BCUT2D eigenvalue weighted by atomic mass is 9.88. The molecule has 0 spiro atoms. The second-order valence-electron chi connectivity index (χ2n) is 4.97. The Hall–Kier alpha value is -0.960. The molecular formula is C13H18ClNO2. The van der Waals surface area contributed by atoms with Crippen molar-refractivity contribution in [3.8, 4) is 0 Å². The van der Waals surface area contributed by atoms with E-state index in [4.69, 9.17) is 16.0 Å². The van der Waals surface area contributed by atoms with Gasteiger partial charge in [-0.1, -0.05) is 12.8 Å². The summed E-state index contributed by atoms with van der Waals surface area (Å²) >= 11 is 6.03. The summed E-state index contributed by atoms with van der Waals surface area (Å²) in [7, 11) is 0. The lowest BCUT2D eigenvalue weighted by Crippen LogP contribution is -2.37. The van der Waals surface area contributed by atoms with Gasteiger partial charge in [0.05, 0.1) is 5.56 Å². The Kier molecular flexibility index (Phi) is 3.77. The molecule has 0 atom stereocenters. The maximum atomic E-state index is 11.9. The van der Waals surface area contributed by atoms with E-state index in [1.54, 1.807) is 6.07 Å². The first-order chi connectivity index (χ1) is 8.15. The largest absolute Gasteiger partial charge is 0.469 e. The van der Waals surface area contributed by atoms with Crippen LogP contribution in [-0.2, 0) is 0 Å². The lowest BCUT2D eigenvalue weighted by molar-refractivity contribution is 0.0934. The number of carbonyl (C=O) groups excluding carboxylic acids is 1. The molecule has 2 rings (SSSR count). The van der Waals surface area contributed by atoms with Gasteiger partial charge < -0.3 is 9.73 Å². The highest BCUT2D eigenvalue weighted by atomic mass is 35.5. The fourth-order valence-corrected chi connectivity index (χ4v) is 2.78. The molecule has 0 radical (unpaired) electrons. The minimum Gasteiger partial charge on any atom is -0.469 e. The van der Waals surface area contributed by atoms with Gasteiger partial charge in [-0.2, -0.15) is 0 Å². The van der Waals surface area contributed by atoms with E-state index in [0.717, 1.165) is 18.6 Å². The maximum absolute atomic E-state index is 11.9. The third-order valence-electron chi connectivity index (χ3n) is 3.56. The molecular weight excluding hydrogens is 238 g/mol. The van der Waals surface area contributed by atoms with E-state index in [2.05, 4.69) is 5.32 Å². The third kappa shape index (κ3) is 2.83. The first kappa shape index (κ1) is 12.5. The molecule has 1 amide bonds. The van der Waals surface area contributed by atoms with E-state index >= 15 is 0 Å². The molecule has 3 nitrogen and oxygen atoms in total. The molecule has 1 aromatic heterocycles. The van der Waals surface area contributed by atoms with Crippen LogP contribution < -0.4 is 5.32 Å². The quantitative estimate of drug-likeness (QED) is 0.840. The number of halogens is 1. The number of furan rings is 1. The summed E-state index contributed by atoms with van der Waals surface area (Å²) in [5, 5.41) is 2.96. The number of alkyl halides is 1. The van der Waals surface area contributed by atoms with Gasteiger partial charge in [0, 0.05) is 17.8 Å². The van der Waals surface area contributed by atoms with Crippen molar-refractivity contribution in [2.45, 2.75) is 32.6 Å². The zero-order valence-corrected chi connectivity index (χ0v) is 10.8. The van der Waals surface area contributed by atoms with Gasteiger partial charge in [0.1, 0.15) is 12.0 Å². The molecule has 0 aromatic carbocycles. The molecule has 4 heteroatoms. The van der Waals surface area contributed by atoms with Crippen molar-refractivity contribution in [2.24, 2.45) is 5.41 Å². The zero-order chi connectivity index (χ0) is 12.3. The molecule has 0 saturated heterocycles. The summed E-state index contributed by atoms with van der Waals surface area (Å²) in [4.78, 5) is 11.9. The number of nitrogens with one attached hydrogen (secondary N) is 1. The van der Waals surface area contributed by atoms with Crippen molar-refractivity contribution in [1.29, 1.82) is 0 Å². The highest BCUT2D eigenvalue weighted by molar-refractivity contribution is 6.18. The van der Waals surface area contributed by atoms with Crippen LogP contribution in [0.5, 0.6) is 0 Å². The molecule has 1 aliphatic rings. The van der Waals surface area contributed by atoms with E-state index in [9.17, 15) is 4.79 Å². The predicted molar refractivity (Wildman–Crippen MR) is 67.4 cm³/mol. The average molecular weight is 256 g/mol. The van der Waals surface area contributed by atoms with Gasteiger partial charge in [-0.05, 0) is 25.8 Å². The van der Waals surface area contributed by atoms with Crippen LogP contribution in [0.1, 0.15) is 41.8 Å². The normalized spacial score (nSPS) is 18.2. The van der Waals surface area contributed by atoms with Crippen LogP contribution in [0.4, 0.5) is 0 Å². The van der Waals surface area contributed by atoms with Crippen LogP contribution >= 0.6 is 11.6 Å². The molecule has 1 aromatic rings. The van der Waals surface area contributed by atoms with Crippen LogP contribution in [0.15, 0.2) is 16.7 Å². The Morgan fingerprint density at radius 1 is 1.53 bits per heavy atom. The minimum atomic E-state index is -0.0711. The van der Waals surface area contributed by atoms with Gasteiger partial charge >= 0.3 is 0 Å². The Bertz CT molecular complexity index is 394. The summed E-state index contributed by atoms with van der Waals surface area (Å²) in [5.74, 6) is 1.30. The van der Waals surface area contributed by atoms with Gasteiger partial charge in [0.25, 0.3) is 5.91 Å². The van der Waals surface area contributed by atoms with Crippen molar-refractivity contribution < 1.29 is 9.21 Å². The summed E-state index contributed by atoms with van der Waals surface area (Å²) in [6.45, 7) is 2.49. The van der Waals surface area contributed by atoms with Gasteiger partial charge in [-0.15, -0.1) is 11.6 Å². The zero-order valence-electron chi connectivity index (χ0n) is 10.1. The van der Waals surface area contributed by atoms with Crippen molar-refractivity contribution in [3.63, 3.8) is 0 Å². The molecule has 1 aliphatic carbocycles. The lowest BCUT2D eigenvalue weighted by Gasteiger charge is -2.26. The van der Waals surface area contributed by atoms with E-state index in [1.165, 1.54) is 19.1 Å². The molecule has 0 bridgehead atoms. The number of rotatable bonds is 4. The van der Waals surface area contributed by atoms with Crippen LogP contribution in [0.2, 0.25) is 0 Å². The standard InChI is InChI=1S/C13H18ClNO2/c1-10-6-11(7-17-10)12(16)15-9-13(8-14)4-2-3-5-13/h6-7H,2-5,8-9H2,1H3,(H,15,16). The Labute approximate surface area is 107 Å². The number of hydrogen-bond donors (Lipinski definition) is 1. The van der Waals surface area contributed by atoms with Crippen molar-refractivity contribution in [3.05, 3.63) is 23.7 Å². The fourth-order valence-electron chi connectivity index (χ4n) is 2.42. The molecule has 0 unspecified atom stereocenters. The van der Waals surface area contributed by atoms with Crippen molar-refractivity contribution in [1.82, 2.24) is 5.32 Å². The van der Waals surface area contributed by atoms with E-state index in [1.807, 2.05) is 6.92 Å². The number of aryl methyl sites for hydroxylation is 1. The smallest absolute Gasteiger partial charge is 0.254 e. The summed E-state index contributed by atoms with van der Waals surface area (Å²) < 4.78 is 5.12. The number of hydrogen-bond acceptors (Lipinski definition) is 2. The predicted octanol–water partition coefficient (Wildman–Crippen LogP) is 3.12. The van der Waals surface area contributed by atoms with Crippen LogP contribution in [0.3, 0.4) is 0 Å².